The van der Waals surface area contributed by atoms with Crippen molar-refractivity contribution in [1.82, 2.24) is 10.6 Å². The third kappa shape index (κ3) is 5.92. The fourth-order valence-electron chi connectivity index (χ4n) is 0.682. The molecule has 15 heavy (non-hydrogen) atoms. The van der Waals surface area contributed by atoms with Crippen LogP contribution in [0.1, 0.15) is 0 Å². The van der Waals surface area contributed by atoms with Crippen LogP contribution in [0.5, 0.6) is 0 Å². The van der Waals surface area contributed by atoms with Gasteiger partial charge in [-0.25, -0.2) is 4.79 Å². The summed E-state index contributed by atoms with van der Waals surface area (Å²) in [5.41, 5.74) is 4.98. The van der Waals surface area contributed by atoms with Crippen molar-refractivity contribution in [2.24, 2.45) is 5.73 Å². The van der Waals surface area contributed by atoms with Gasteiger partial charge in [0, 0.05) is 5.75 Å². The summed E-state index contributed by atoms with van der Waals surface area (Å²) in [5.74, 6) is -2.28. The Labute approximate surface area is 91.8 Å². The smallest absolute Gasteiger partial charge is 0.327 e. The number of carbonyl (C=O) groups excluding carboxylic acids is 2. The maximum absolute atomic E-state index is 11.1. The van der Waals surface area contributed by atoms with Gasteiger partial charge in [0.15, 0.2) is 0 Å². The summed E-state index contributed by atoms with van der Waals surface area (Å²) in [7, 11) is 0. The molecular weight excluding hydrogens is 222 g/mol. The van der Waals surface area contributed by atoms with Gasteiger partial charge in [-0.1, -0.05) is 0 Å². The number of amides is 2. The summed E-state index contributed by atoms with van der Waals surface area (Å²) >= 11 is 3.75. The molecule has 8 heteroatoms. The highest BCUT2D eigenvalue weighted by Crippen LogP contribution is 1.87. The van der Waals surface area contributed by atoms with Crippen molar-refractivity contribution in [1.29, 1.82) is 0 Å². The minimum absolute atomic E-state index is 0.0219. The summed E-state index contributed by atoms with van der Waals surface area (Å²) in [4.78, 5) is 32.2. The molecule has 0 aliphatic carbocycles. The van der Waals surface area contributed by atoms with Crippen molar-refractivity contribution in [3.63, 3.8) is 0 Å². The van der Waals surface area contributed by atoms with Crippen molar-refractivity contribution in [2.75, 3.05) is 18.8 Å². The highest BCUT2D eigenvalue weighted by atomic mass is 32.1. The number of aliphatic carboxylic acids is 1. The first-order chi connectivity index (χ1) is 7.01. The fourth-order valence-corrected chi connectivity index (χ4v) is 0.929. The van der Waals surface area contributed by atoms with Gasteiger partial charge in [-0.2, -0.15) is 12.6 Å². The van der Waals surface area contributed by atoms with E-state index >= 15 is 0 Å². The van der Waals surface area contributed by atoms with E-state index < -0.39 is 23.8 Å². The normalized spacial score (nSPS) is 11.6. The van der Waals surface area contributed by atoms with Gasteiger partial charge in [0.05, 0.1) is 13.1 Å². The Morgan fingerprint density at radius 1 is 1.33 bits per heavy atom. The van der Waals surface area contributed by atoms with Crippen molar-refractivity contribution in [2.45, 2.75) is 6.04 Å². The van der Waals surface area contributed by atoms with Crippen LogP contribution in [0.4, 0.5) is 0 Å². The number of nitrogens with one attached hydrogen (secondary N) is 2. The second kappa shape index (κ2) is 7.07. The van der Waals surface area contributed by atoms with Gasteiger partial charge in [-0.05, 0) is 0 Å². The molecule has 0 aromatic heterocycles. The highest BCUT2D eigenvalue weighted by molar-refractivity contribution is 7.80. The van der Waals surface area contributed by atoms with Gasteiger partial charge >= 0.3 is 5.97 Å². The Kier molecular flexibility index (Phi) is 6.47. The first-order valence-corrected chi connectivity index (χ1v) is 4.74. The van der Waals surface area contributed by atoms with Crippen LogP contribution in [-0.2, 0) is 14.4 Å². The van der Waals surface area contributed by atoms with Crippen molar-refractivity contribution >= 4 is 30.4 Å². The van der Waals surface area contributed by atoms with Crippen LogP contribution < -0.4 is 16.4 Å². The van der Waals surface area contributed by atoms with Crippen LogP contribution in [0.2, 0.25) is 0 Å². The zero-order valence-electron chi connectivity index (χ0n) is 7.90. The minimum atomic E-state index is -1.18. The number of carboxylic acids is 1. The molecule has 0 rings (SSSR count). The van der Waals surface area contributed by atoms with Crippen LogP contribution in [0, 0.1) is 0 Å². The zero-order chi connectivity index (χ0) is 11.8. The molecule has 2 amide bonds. The van der Waals surface area contributed by atoms with E-state index in [1.165, 1.54) is 0 Å². The van der Waals surface area contributed by atoms with Gasteiger partial charge in [0.1, 0.15) is 6.04 Å². The molecule has 5 N–H and O–H groups in total. The Bertz CT molecular complexity index is 259. The molecule has 0 aromatic carbocycles. The van der Waals surface area contributed by atoms with E-state index in [0.29, 0.717) is 0 Å². The molecule has 0 aliphatic heterocycles. The Hall–Kier alpha value is -1.28. The van der Waals surface area contributed by atoms with Crippen LogP contribution in [0.15, 0.2) is 0 Å². The Balaban J connectivity index is 3.91. The van der Waals surface area contributed by atoms with Crippen LogP contribution in [-0.4, -0.2) is 47.8 Å². The third-order valence-corrected chi connectivity index (χ3v) is 1.81. The Morgan fingerprint density at radius 2 is 1.93 bits per heavy atom. The van der Waals surface area contributed by atoms with Gasteiger partial charge < -0.3 is 21.5 Å². The van der Waals surface area contributed by atoms with Crippen LogP contribution in [0.25, 0.3) is 0 Å². The number of rotatable bonds is 6. The molecule has 0 radical (unpaired) electrons. The van der Waals surface area contributed by atoms with E-state index in [4.69, 9.17) is 10.8 Å². The number of hydrogen-bond donors (Lipinski definition) is 5. The standard InChI is InChI=1S/C7H13N3O4S/c8-1-5(11)9-2-6(12)10-4(3-15)7(13)14/h4,15H,1-3,8H2,(H,9,11)(H,10,12)(H,13,14). The lowest BCUT2D eigenvalue weighted by Gasteiger charge is -2.11. The molecule has 0 spiro atoms. The van der Waals surface area contributed by atoms with Crippen molar-refractivity contribution < 1.29 is 19.5 Å². The second-order valence-electron chi connectivity index (χ2n) is 2.62. The zero-order valence-corrected chi connectivity index (χ0v) is 8.79. The summed E-state index contributed by atoms with van der Waals surface area (Å²) in [6.45, 7) is -0.518. The number of carboxylic acid groups (broad SMARTS) is 1. The monoisotopic (exact) mass is 235 g/mol. The number of carbonyl (C=O) groups is 3. The van der Waals surface area contributed by atoms with Gasteiger partial charge in [0.25, 0.3) is 0 Å². The van der Waals surface area contributed by atoms with Crippen LogP contribution in [0.3, 0.4) is 0 Å². The van der Waals surface area contributed by atoms with E-state index in [-0.39, 0.29) is 18.8 Å². The molecule has 0 aliphatic rings. The molecule has 1 atom stereocenters. The Morgan fingerprint density at radius 3 is 2.33 bits per heavy atom. The van der Waals surface area contributed by atoms with Gasteiger partial charge in [-0.3, -0.25) is 9.59 Å². The van der Waals surface area contributed by atoms with Gasteiger partial charge in [-0.15, -0.1) is 0 Å². The number of thiol groups is 1. The lowest BCUT2D eigenvalue weighted by Crippen LogP contribution is -2.47. The van der Waals surface area contributed by atoms with Gasteiger partial charge in [0.2, 0.25) is 11.8 Å². The summed E-state index contributed by atoms with van der Waals surface area (Å²) < 4.78 is 0. The molecular formula is C7H13N3O4S. The van der Waals surface area contributed by atoms with Crippen LogP contribution >= 0.6 is 12.6 Å². The number of hydrogen-bond acceptors (Lipinski definition) is 5. The summed E-state index contributed by atoms with van der Waals surface area (Å²) in [5, 5.41) is 13.0. The van der Waals surface area contributed by atoms with E-state index in [9.17, 15) is 14.4 Å². The maximum Gasteiger partial charge on any atom is 0.327 e. The number of nitrogens with two attached hydrogens (primary N) is 1. The molecule has 0 saturated heterocycles. The minimum Gasteiger partial charge on any atom is -0.480 e. The van der Waals surface area contributed by atoms with E-state index in [2.05, 4.69) is 23.3 Å². The lowest BCUT2D eigenvalue weighted by molar-refractivity contribution is -0.141. The summed E-state index contributed by atoms with van der Waals surface area (Å²) in [6, 6.07) is -1.06. The average molecular weight is 235 g/mol. The summed E-state index contributed by atoms with van der Waals surface area (Å²) in [6.07, 6.45) is 0. The average Bonchev–Trinajstić information content (AvgIpc) is 2.21. The molecule has 0 aromatic rings. The topological polar surface area (TPSA) is 122 Å². The third-order valence-electron chi connectivity index (χ3n) is 1.45. The SMILES string of the molecule is NCC(=O)NCC(=O)NC(CS)C(=O)O. The molecule has 0 saturated carbocycles. The van der Waals surface area contributed by atoms with E-state index in [1.54, 1.807) is 0 Å². The molecule has 86 valence electrons. The largest absolute Gasteiger partial charge is 0.480 e. The molecule has 0 fully saturated rings. The molecule has 1 unspecified atom stereocenters. The molecule has 0 heterocycles. The lowest BCUT2D eigenvalue weighted by atomic mass is 10.3. The first kappa shape index (κ1) is 13.7. The van der Waals surface area contributed by atoms with Crippen molar-refractivity contribution in [3.8, 4) is 0 Å². The van der Waals surface area contributed by atoms with Crippen molar-refractivity contribution in [3.05, 3.63) is 0 Å². The predicted molar refractivity (Wildman–Crippen MR) is 55.5 cm³/mol. The van der Waals surface area contributed by atoms with E-state index in [1.807, 2.05) is 0 Å². The predicted octanol–water partition coefficient (Wildman–Crippen LogP) is -2.44. The fraction of sp³-hybridized carbons (Fsp3) is 0.571. The quantitative estimate of drug-likeness (QED) is 0.327. The highest BCUT2D eigenvalue weighted by Gasteiger charge is 2.17. The van der Waals surface area contributed by atoms with E-state index in [0.717, 1.165) is 0 Å². The molecule has 0 bridgehead atoms. The second-order valence-corrected chi connectivity index (χ2v) is 2.99. The first-order valence-electron chi connectivity index (χ1n) is 4.11. The maximum atomic E-state index is 11.1. The molecule has 7 nitrogen and oxygen atoms in total.